The third kappa shape index (κ3) is 7.62. The second-order valence-electron chi connectivity index (χ2n) is 5.37. The Morgan fingerprint density at radius 1 is 1.08 bits per heavy atom. The lowest BCUT2D eigenvalue weighted by Gasteiger charge is -2.25. The number of carboxylic acids is 1. The van der Waals surface area contributed by atoms with Gasteiger partial charge in [0.05, 0.1) is 6.61 Å². The summed E-state index contributed by atoms with van der Waals surface area (Å²) >= 11 is 3.95. The second-order valence-corrected chi connectivity index (χ2v) is 5.74. The molecule has 11 heteroatoms. The molecule has 0 aromatic rings. The molecule has 138 valence electrons. The van der Waals surface area contributed by atoms with Gasteiger partial charge in [-0.05, 0) is 5.92 Å². The number of aliphatic hydroxyl groups is 1. The van der Waals surface area contributed by atoms with Gasteiger partial charge in [-0.2, -0.15) is 12.6 Å². The number of hydrogen-bond acceptors (Lipinski definition) is 7. The minimum absolute atomic E-state index is 0.0634. The van der Waals surface area contributed by atoms with Gasteiger partial charge in [-0.3, -0.25) is 19.2 Å². The van der Waals surface area contributed by atoms with Gasteiger partial charge in [0.1, 0.15) is 24.7 Å². The van der Waals surface area contributed by atoms with Crippen LogP contribution in [0.2, 0.25) is 0 Å². The number of hydrogen-bond donors (Lipinski definition) is 7. The van der Waals surface area contributed by atoms with Crippen LogP contribution in [0.4, 0.5) is 0 Å². The standard InChI is InChI=1S/C13H24N4O6S/c1-6(2)10(17-11(21)7(14)4-18)13(23)16-8(5-24)12(22)15-3-9(19)20/h6-8,10,18,24H,3-5,14H2,1-2H3,(H,15,22)(H,16,23)(H,17,21)(H,19,20). The summed E-state index contributed by atoms with van der Waals surface area (Å²) in [7, 11) is 0. The first kappa shape index (κ1) is 22.1. The smallest absolute Gasteiger partial charge is 0.322 e. The largest absolute Gasteiger partial charge is 0.480 e. The molecule has 0 saturated carbocycles. The fourth-order valence-corrected chi connectivity index (χ4v) is 1.88. The van der Waals surface area contributed by atoms with Gasteiger partial charge in [0, 0.05) is 5.75 Å². The van der Waals surface area contributed by atoms with Crippen LogP contribution in [-0.2, 0) is 19.2 Å². The minimum atomic E-state index is -1.22. The van der Waals surface area contributed by atoms with Crippen molar-refractivity contribution in [3.8, 4) is 0 Å². The number of carboxylic acid groups (broad SMARTS) is 1. The number of thiol groups is 1. The highest BCUT2D eigenvalue weighted by Gasteiger charge is 2.29. The quantitative estimate of drug-likeness (QED) is 0.203. The molecule has 3 amide bonds. The molecule has 0 aliphatic rings. The Kier molecular flexibility index (Phi) is 10.0. The molecular weight excluding hydrogens is 340 g/mol. The van der Waals surface area contributed by atoms with E-state index in [9.17, 15) is 19.2 Å². The maximum absolute atomic E-state index is 12.3. The van der Waals surface area contributed by atoms with E-state index in [1.54, 1.807) is 13.8 Å². The van der Waals surface area contributed by atoms with E-state index in [1.165, 1.54) is 0 Å². The Bertz CT molecular complexity index is 473. The van der Waals surface area contributed by atoms with Crippen LogP contribution in [0, 0.1) is 5.92 Å². The van der Waals surface area contributed by atoms with E-state index in [0.717, 1.165) is 0 Å². The van der Waals surface area contributed by atoms with Crippen molar-refractivity contribution >= 4 is 36.3 Å². The number of carbonyl (C=O) groups is 4. The molecule has 7 N–H and O–H groups in total. The summed E-state index contributed by atoms with van der Waals surface area (Å²) in [5.74, 6) is -3.66. The molecule has 0 bridgehead atoms. The van der Waals surface area contributed by atoms with Crippen LogP contribution in [0.1, 0.15) is 13.8 Å². The van der Waals surface area contributed by atoms with Gasteiger partial charge >= 0.3 is 5.97 Å². The fourth-order valence-electron chi connectivity index (χ4n) is 1.62. The molecule has 0 saturated heterocycles. The third-order valence-corrected chi connectivity index (χ3v) is 3.37. The Morgan fingerprint density at radius 2 is 1.67 bits per heavy atom. The van der Waals surface area contributed by atoms with E-state index in [0.29, 0.717) is 0 Å². The highest BCUT2D eigenvalue weighted by molar-refractivity contribution is 7.80. The maximum Gasteiger partial charge on any atom is 0.322 e. The maximum atomic E-state index is 12.3. The normalized spacial score (nSPS) is 14.4. The molecule has 0 radical (unpaired) electrons. The molecule has 0 aliphatic heterocycles. The monoisotopic (exact) mass is 364 g/mol. The first-order valence-electron chi connectivity index (χ1n) is 7.21. The fraction of sp³-hybridized carbons (Fsp3) is 0.692. The Balaban J connectivity index is 4.87. The van der Waals surface area contributed by atoms with Gasteiger partial charge in [0.15, 0.2) is 0 Å². The average Bonchev–Trinajstić information content (AvgIpc) is 2.53. The van der Waals surface area contributed by atoms with Crippen molar-refractivity contribution in [2.45, 2.75) is 32.0 Å². The summed E-state index contributed by atoms with van der Waals surface area (Å²) in [5.41, 5.74) is 5.38. The second kappa shape index (κ2) is 10.8. The molecule has 3 unspecified atom stereocenters. The number of rotatable bonds is 10. The molecule has 0 aromatic carbocycles. The van der Waals surface area contributed by atoms with Crippen LogP contribution >= 0.6 is 12.6 Å². The van der Waals surface area contributed by atoms with E-state index in [-0.39, 0.29) is 11.7 Å². The highest BCUT2D eigenvalue weighted by Crippen LogP contribution is 2.03. The molecule has 0 fully saturated rings. The molecular formula is C13H24N4O6S. The Labute approximate surface area is 144 Å². The SMILES string of the molecule is CC(C)C(NC(=O)C(N)CO)C(=O)NC(CS)C(=O)NCC(=O)O. The molecule has 0 spiro atoms. The number of nitrogens with one attached hydrogen (secondary N) is 3. The van der Waals surface area contributed by atoms with Crippen LogP contribution in [-0.4, -0.2) is 70.9 Å². The summed E-state index contributed by atoms with van der Waals surface area (Å²) < 4.78 is 0. The highest BCUT2D eigenvalue weighted by atomic mass is 32.1. The number of aliphatic carboxylic acids is 1. The van der Waals surface area contributed by atoms with Gasteiger partial charge in [-0.25, -0.2) is 0 Å². The number of carbonyl (C=O) groups excluding carboxylic acids is 3. The zero-order valence-electron chi connectivity index (χ0n) is 13.5. The van der Waals surface area contributed by atoms with E-state index < -0.39 is 55.0 Å². The van der Waals surface area contributed by atoms with Crippen molar-refractivity contribution < 1.29 is 29.4 Å². The van der Waals surface area contributed by atoms with Gasteiger partial charge in [-0.15, -0.1) is 0 Å². The van der Waals surface area contributed by atoms with E-state index >= 15 is 0 Å². The predicted octanol–water partition coefficient (Wildman–Crippen LogP) is -2.94. The zero-order valence-corrected chi connectivity index (χ0v) is 14.4. The lowest BCUT2D eigenvalue weighted by Crippen LogP contribution is -2.58. The lowest BCUT2D eigenvalue weighted by molar-refractivity contribution is -0.138. The predicted molar refractivity (Wildman–Crippen MR) is 88.3 cm³/mol. The van der Waals surface area contributed by atoms with Crippen LogP contribution in [0.25, 0.3) is 0 Å². The Hall–Kier alpha value is -1.85. The van der Waals surface area contributed by atoms with E-state index in [1.807, 2.05) is 0 Å². The zero-order chi connectivity index (χ0) is 18.9. The molecule has 0 heterocycles. The van der Waals surface area contributed by atoms with Crippen molar-refractivity contribution in [2.75, 3.05) is 18.9 Å². The van der Waals surface area contributed by atoms with Crippen LogP contribution < -0.4 is 21.7 Å². The number of aliphatic hydroxyl groups excluding tert-OH is 1. The molecule has 0 aliphatic carbocycles. The van der Waals surface area contributed by atoms with E-state index in [2.05, 4.69) is 28.6 Å². The van der Waals surface area contributed by atoms with Gasteiger partial charge in [0.2, 0.25) is 17.7 Å². The van der Waals surface area contributed by atoms with Crippen molar-refractivity contribution in [2.24, 2.45) is 11.7 Å². The summed E-state index contributed by atoms with van der Waals surface area (Å²) in [6.45, 7) is 2.19. The van der Waals surface area contributed by atoms with Crippen LogP contribution in [0.5, 0.6) is 0 Å². The molecule has 3 atom stereocenters. The van der Waals surface area contributed by atoms with E-state index in [4.69, 9.17) is 15.9 Å². The molecule has 10 nitrogen and oxygen atoms in total. The van der Waals surface area contributed by atoms with Gasteiger partial charge in [-0.1, -0.05) is 13.8 Å². The number of nitrogens with two attached hydrogens (primary N) is 1. The summed E-state index contributed by atoms with van der Waals surface area (Å²) in [6, 6.07) is -3.21. The summed E-state index contributed by atoms with van der Waals surface area (Å²) in [4.78, 5) is 46.3. The van der Waals surface area contributed by atoms with Crippen molar-refractivity contribution in [3.63, 3.8) is 0 Å². The molecule has 24 heavy (non-hydrogen) atoms. The van der Waals surface area contributed by atoms with Crippen molar-refractivity contribution in [3.05, 3.63) is 0 Å². The van der Waals surface area contributed by atoms with Crippen LogP contribution in [0.15, 0.2) is 0 Å². The van der Waals surface area contributed by atoms with Gasteiger partial charge < -0.3 is 31.9 Å². The lowest BCUT2D eigenvalue weighted by atomic mass is 10.0. The topological polar surface area (TPSA) is 171 Å². The first-order valence-corrected chi connectivity index (χ1v) is 7.84. The first-order chi connectivity index (χ1) is 11.1. The Morgan fingerprint density at radius 3 is 2.08 bits per heavy atom. The van der Waals surface area contributed by atoms with Crippen molar-refractivity contribution in [1.82, 2.24) is 16.0 Å². The average molecular weight is 364 g/mol. The van der Waals surface area contributed by atoms with Crippen molar-refractivity contribution in [1.29, 1.82) is 0 Å². The molecule has 0 aromatic heterocycles. The molecule has 0 rings (SSSR count). The van der Waals surface area contributed by atoms with Crippen LogP contribution in [0.3, 0.4) is 0 Å². The third-order valence-electron chi connectivity index (χ3n) is 3.01. The summed E-state index contributed by atoms with van der Waals surface area (Å²) in [6.07, 6.45) is 0. The minimum Gasteiger partial charge on any atom is -0.480 e. The van der Waals surface area contributed by atoms with Gasteiger partial charge in [0.25, 0.3) is 0 Å². The summed E-state index contributed by atoms with van der Waals surface area (Å²) in [5, 5.41) is 24.3. The number of amides is 3.